The molecule has 3 fully saturated rings. The van der Waals surface area contributed by atoms with Gasteiger partial charge in [-0.25, -0.2) is 8.42 Å². The summed E-state index contributed by atoms with van der Waals surface area (Å²) in [5.41, 5.74) is 0. The first-order valence-electron chi connectivity index (χ1n) is 8.76. The number of piperidine rings is 1. The van der Waals surface area contributed by atoms with Crippen molar-refractivity contribution in [2.24, 2.45) is 0 Å². The monoisotopic (exact) mass is 362 g/mol. The van der Waals surface area contributed by atoms with Crippen LogP contribution in [0.5, 0.6) is 0 Å². The third-order valence-electron chi connectivity index (χ3n) is 5.24. The lowest BCUT2D eigenvalue weighted by atomic mass is 9.96. The van der Waals surface area contributed by atoms with Crippen LogP contribution < -0.4 is 21.3 Å². The molecule has 4 N–H and O–H groups in total. The number of rotatable bonds is 5. The zero-order chi connectivity index (χ0) is 16.3. The topological polar surface area (TPSA) is 82.3 Å². The zero-order valence-corrected chi connectivity index (χ0v) is 15.5. The van der Waals surface area contributed by atoms with Crippen molar-refractivity contribution >= 4 is 21.6 Å². The minimum absolute atomic E-state index is 0.219. The minimum atomic E-state index is -2.92. The Balaban J connectivity index is 1.43. The van der Waals surface area contributed by atoms with Gasteiger partial charge in [0.2, 0.25) is 0 Å². The van der Waals surface area contributed by atoms with Gasteiger partial charge in [0.25, 0.3) is 0 Å². The molecular weight excluding hydrogens is 332 g/mol. The molecular formula is C15H30N4O2S2. The van der Waals surface area contributed by atoms with Crippen molar-refractivity contribution in [2.45, 2.75) is 54.4 Å². The van der Waals surface area contributed by atoms with Crippen LogP contribution in [0.2, 0.25) is 0 Å². The van der Waals surface area contributed by atoms with Crippen LogP contribution in [-0.2, 0) is 9.84 Å². The van der Waals surface area contributed by atoms with E-state index in [0.29, 0.717) is 24.8 Å². The van der Waals surface area contributed by atoms with Crippen LogP contribution in [-0.4, -0.2) is 75.4 Å². The number of hydrogen-bond acceptors (Lipinski definition) is 7. The summed E-state index contributed by atoms with van der Waals surface area (Å²) in [4.78, 5) is 0. The molecule has 0 aromatic carbocycles. The number of piperazine rings is 1. The number of hydrogen-bond donors (Lipinski definition) is 4. The molecule has 8 heteroatoms. The third kappa shape index (κ3) is 5.06. The fourth-order valence-corrected chi connectivity index (χ4v) is 5.97. The van der Waals surface area contributed by atoms with Crippen molar-refractivity contribution in [1.29, 1.82) is 0 Å². The summed E-state index contributed by atoms with van der Waals surface area (Å²) in [6.07, 6.45) is 6.03. The van der Waals surface area contributed by atoms with Crippen molar-refractivity contribution in [3.8, 4) is 0 Å². The van der Waals surface area contributed by atoms with E-state index < -0.39 is 9.84 Å². The van der Waals surface area contributed by atoms with Gasteiger partial charge in [0.1, 0.15) is 0 Å². The highest BCUT2D eigenvalue weighted by Gasteiger charge is 2.33. The summed E-state index contributed by atoms with van der Waals surface area (Å²) in [5.74, 6) is 1.30. The molecule has 0 spiro atoms. The van der Waals surface area contributed by atoms with Crippen LogP contribution in [0.3, 0.4) is 0 Å². The highest BCUT2D eigenvalue weighted by molar-refractivity contribution is 8.00. The van der Waals surface area contributed by atoms with Crippen molar-refractivity contribution in [3.63, 3.8) is 0 Å². The van der Waals surface area contributed by atoms with Crippen LogP contribution in [0.1, 0.15) is 25.7 Å². The summed E-state index contributed by atoms with van der Waals surface area (Å²) < 4.78 is 23.3. The predicted octanol–water partition coefficient (Wildman–Crippen LogP) is -0.476. The molecule has 0 saturated carbocycles. The maximum absolute atomic E-state index is 11.7. The fourth-order valence-electron chi connectivity index (χ4n) is 3.79. The molecule has 3 rings (SSSR count). The average molecular weight is 363 g/mol. The highest BCUT2D eigenvalue weighted by atomic mass is 32.2. The summed E-state index contributed by atoms with van der Waals surface area (Å²) in [5, 5.41) is 14.9. The van der Waals surface area contributed by atoms with E-state index in [1.54, 1.807) is 0 Å². The van der Waals surface area contributed by atoms with Gasteiger partial charge in [0, 0.05) is 49.8 Å². The molecule has 0 radical (unpaired) electrons. The first-order chi connectivity index (χ1) is 11.0. The molecule has 5 atom stereocenters. The Hall–Kier alpha value is 0.140. The van der Waals surface area contributed by atoms with Crippen LogP contribution in [0.4, 0.5) is 0 Å². The van der Waals surface area contributed by atoms with Gasteiger partial charge in [-0.3, -0.25) is 10.6 Å². The summed E-state index contributed by atoms with van der Waals surface area (Å²) in [7, 11) is -2.92. The normalized spacial score (nSPS) is 39.4. The van der Waals surface area contributed by atoms with Crippen LogP contribution in [0.15, 0.2) is 0 Å². The molecule has 0 bridgehead atoms. The number of thioether (sulfide) groups is 1. The predicted molar refractivity (Wildman–Crippen MR) is 96.7 cm³/mol. The first kappa shape index (κ1) is 17.9. The lowest BCUT2D eigenvalue weighted by Crippen LogP contribution is -2.67. The van der Waals surface area contributed by atoms with E-state index in [1.807, 2.05) is 0 Å². The van der Waals surface area contributed by atoms with Gasteiger partial charge in [-0.15, -0.1) is 0 Å². The lowest BCUT2D eigenvalue weighted by Gasteiger charge is -2.40. The van der Waals surface area contributed by atoms with E-state index in [-0.39, 0.29) is 5.25 Å². The molecule has 5 unspecified atom stereocenters. The molecule has 0 amide bonds. The zero-order valence-electron chi connectivity index (χ0n) is 13.9. The van der Waals surface area contributed by atoms with Crippen molar-refractivity contribution in [2.75, 3.05) is 38.2 Å². The SMILES string of the molecule is CS(=O)(=O)C1CCC(C2CNCC(NCC3CCCS3)N2)NC1. The van der Waals surface area contributed by atoms with Gasteiger partial charge < -0.3 is 10.6 Å². The maximum Gasteiger partial charge on any atom is 0.151 e. The largest absolute Gasteiger partial charge is 0.312 e. The Kier molecular flexibility index (Phi) is 6.25. The Morgan fingerprint density at radius 1 is 1.13 bits per heavy atom. The highest BCUT2D eigenvalue weighted by Crippen LogP contribution is 2.25. The van der Waals surface area contributed by atoms with E-state index in [2.05, 4.69) is 33.0 Å². The molecule has 0 aromatic rings. The van der Waals surface area contributed by atoms with E-state index in [1.165, 1.54) is 24.9 Å². The summed E-state index contributed by atoms with van der Waals surface area (Å²) in [6.45, 7) is 3.55. The van der Waals surface area contributed by atoms with Crippen molar-refractivity contribution in [3.05, 3.63) is 0 Å². The second-order valence-electron chi connectivity index (χ2n) is 7.07. The Morgan fingerprint density at radius 2 is 2.00 bits per heavy atom. The Morgan fingerprint density at radius 3 is 2.65 bits per heavy atom. The van der Waals surface area contributed by atoms with E-state index in [0.717, 1.165) is 37.7 Å². The molecule has 3 heterocycles. The minimum Gasteiger partial charge on any atom is -0.312 e. The second kappa shape index (κ2) is 8.01. The van der Waals surface area contributed by atoms with E-state index in [9.17, 15) is 8.42 Å². The molecule has 23 heavy (non-hydrogen) atoms. The fraction of sp³-hybridized carbons (Fsp3) is 1.00. The van der Waals surface area contributed by atoms with Crippen molar-refractivity contribution in [1.82, 2.24) is 21.3 Å². The maximum atomic E-state index is 11.7. The Bertz CT molecular complexity index is 474. The second-order valence-corrected chi connectivity index (χ2v) is 10.8. The van der Waals surface area contributed by atoms with Gasteiger partial charge in [0.15, 0.2) is 9.84 Å². The molecule has 134 valence electrons. The van der Waals surface area contributed by atoms with Gasteiger partial charge in [0.05, 0.1) is 11.4 Å². The van der Waals surface area contributed by atoms with Gasteiger partial charge in [-0.1, -0.05) is 0 Å². The third-order valence-corrected chi connectivity index (χ3v) is 8.25. The van der Waals surface area contributed by atoms with Crippen LogP contribution >= 0.6 is 11.8 Å². The van der Waals surface area contributed by atoms with Gasteiger partial charge in [-0.2, -0.15) is 11.8 Å². The lowest BCUT2D eigenvalue weighted by molar-refractivity contribution is 0.230. The summed E-state index contributed by atoms with van der Waals surface area (Å²) >= 11 is 2.08. The molecule has 3 saturated heterocycles. The molecule has 0 aliphatic carbocycles. The number of sulfone groups is 1. The quantitative estimate of drug-likeness (QED) is 0.526. The van der Waals surface area contributed by atoms with Crippen molar-refractivity contribution < 1.29 is 8.42 Å². The van der Waals surface area contributed by atoms with E-state index >= 15 is 0 Å². The number of nitrogens with one attached hydrogen (secondary N) is 4. The molecule has 6 nitrogen and oxygen atoms in total. The molecule has 3 aliphatic heterocycles. The van der Waals surface area contributed by atoms with E-state index in [4.69, 9.17) is 0 Å². The average Bonchev–Trinajstić information content (AvgIpc) is 3.06. The standard InChI is InChI=1S/C15H30N4O2S2/c1-23(20,21)12-4-5-13(17-8-12)14-9-16-10-15(19-14)18-7-11-3-2-6-22-11/h11-19H,2-10H2,1H3. The molecule has 0 aromatic heterocycles. The first-order valence-corrected chi connectivity index (χ1v) is 11.8. The summed E-state index contributed by atoms with van der Waals surface area (Å²) in [6, 6.07) is 0.712. The van der Waals surface area contributed by atoms with Gasteiger partial charge >= 0.3 is 0 Å². The smallest absolute Gasteiger partial charge is 0.151 e. The molecule has 3 aliphatic rings. The van der Waals surface area contributed by atoms with Gasteiger partial charge in [-0.05, 0) is 31.4 Å². The van der Waals surface area contributed by atoms with Crippen LogP contribution in [0, 0.1) is 0 Å². The van der Waals surface area contributed by atoms with Crippen LogP contribution in [0.25, 0.3) is 0 Å². The Labute approximate surface area is 144 Å².